The number of carbonyl (C=O) groups is 2. The van der Waals surface area contributed by atoms with Gasteiger partial charge in [-0.15, -0.1) is 6.42 Å². The van der Waals surface area contributed by atoms with Gasteiger partial charge in [0.1, 0.15) is 17.4 Å². The molecule has 7 nitrogen and oxygen atoms in total. The number of benzene rings is 2. The number of ether oxygens (including phenoxy) is 1. The van der Waals surface area contributed by atoms with Crippen LogP contribution in [0.1, 0.15) is 45.7 Å². The lowest BCUT2D eigenvalue weighted by molar-refractivity contribution is 0.102. The van der Waals surface area contributed by atoms with Crippen molar-refractivity contribution < 1.29 is 18.7 Å². The van der Waals surface area contributed by atoms with E-state index in [4.69, 9.17) is 28.0 Å². The van der Waals surface area contributed by atoms with Gasteiger partial charge >= 0.3 is 0 Å². The number of amides is 2. The predicted octanol–water partition coefficient (Wildman–Crippen LogP) is 5.27. The van der Waals surface area contributed by atoms with Crippen LogP contribution < -0.4 is 15.4 Å². The molecule has 3 rings (SSSR count). The van der Waals surface area contributed by atoms with Crippen molar-refractivity contribution in [3.8, 4) is 24.2 Å². The molecule has 0 saturated heterocycles. The van der Waals surface area contributed by atoms with Crippen LogP contribution in [0.2, 0.25) is 5.02 Å². The summed E-state index contributed by atoms with van der Waals surface area (Å²) in [5, 5.41) is 14.3. The number of carbonyl (C=O) groups excluding carboxylic acids is 2. The van der Waals surface area contributed by atoms with Gasteiger partial charge in [0, 0.05) is 11.8 Å². The SMILES string of the molecule is C#Cc1cc(OC)c(NC(=O)c2ccc(C#N)cc2F)c(C(=O)Nc2ccc(Cl)cn2)c1.CC. The van der Waals surface area contributed by atoms with Crippen LogP contribution in [-0.4, -0.2) is 23.9 Å². The number of nitrogens with one attached hydrogen (secondary N) is 2. The molecule has 0 fully saturated rings. The second-order valence-electron chi connectivity index (χ2n) is 6.32. The van der Waals surface area contributed by atoms with Gasteiger partial charge in [0.05, 0.1) is 40.6 Å². The molecule has 0 aliphatic rings. The fourth-order valence-corrected chi connectivity index (χ4v) is 2.86. The maximum absolute atomic E-state index is 14.3. The maximum Gasteiger partial charge on any atom is 0.259 e. The van der Waals surface area contributed by atoms with Crippen molar-refractivity contribution in [1.29, 1.82) is 5.26 Å². The molecule has 0 saturated carbocycles. The highest BCUT2D eigenvalue weighted by Crippen LogP contribution is 2.32. The largest absolute Gasteiger partial charge is 0.495 e. The number of nitrogens with zero attached hydrogens (tertiary/aromatic N) is 2. The molecule has 0 aliphatic heterocycles. The van der Waals surface area contributed by atoms with Crippen LogP contribution in [-0.2, 0) is 0 Å². The molecular formula is C25H20ClFN4O3. The number of hydrogen-bond acceptors (Lipinski definition) is 5. The lowest BCUT2D eigenvalue weighted by Gasteiger charge is -2.16. The van der Waals surface area contributed by atoms with Crippen LogP contribution in [0.3, 0.4) is 0 Å². The molecule has 2 N–H and O–H groups in total. The van der Waals surface area contributed by atoms with E-state index in [1.807, 2.05) is 13.8 Å². The van der Waals surface area contributed by atoms with Gasteiger partial charge in [-0.05, 0) is 42.5 Å². The minimum Gasteiger partial charge on any atom is -0.495 e. The van der Waals surface area contributed by atoms with E-state index in [1.54, 1.807) is 12.1 Å². The smallest absolute Gasteiger partial charge is 0.259 e. The zero-order valence-corrected chi connectivity index (χ0v) is 19.3. The maximum atomic E-state index is 14.3. The van der Waals surface area contributed by atoms with E-state index in [-0.39, 0.29) is 33.9 Å². The fraction of sp³-hybridized carbons (Fsp3) is 0.120. The predicted molar refractivity (Wildman–Crippen MR) is 129 cm³/mol. The summed E-state index contributed by atoms with van der Waals surface area (Å²) in [6, 6.07) is 11.1. The summed E-state index contributed by atoms with van der Waals surface area (Å²) in [4.78, 5) is 29.7. The number of terminal acetylenes is 1. The number of pyridine rings is 1. The number of aromatic nitrogens is 1. The van der Waals surface area contributed by atoms with Crippen molar-refractivity contribution in [3.63, 3.8) is 0 Å². The Balaban J connectivity index is 0.00000199. The third-order valence-electron chi connectivity index (χ3n) is 4.28. The molecule has 0 aliphatic carbocycles. The van der Waals surface area contributed by atoms with Gasteiger partial charge in [-0.1, -0.05) is 31.4 Å². The second-order valence-corrected chi connectivity index (χ2v) is 6.76. The van der Waals surface area contributed by atoms with E-state index in [0.29, 0.717) is 10.6 Å². The molecule has 2 amide bonds. The van der Waals surface area contributed by atoms with Crippen molar-refractivity contribution in [3.05, 3.63) is 81.8 Å². The molecule has 9 heteroatoms. The number of methoxy groups -OCH3 is 1. The molecule has 2 aromatic carbocycles. The van der Waals surface area contributed by atoms with E-state index in [9.17, 15) is 14.0 Å². The first-order chi connectivity index (χ1) is 16.4. The molecule has 0 unspecified atom stereocenters. The fourth-order valence-electron chi connectivity index (χ4n) is 2.75. The Labute approximate surface area is 201 Å². The lowest BCUT2D eigenvalue weighted by atomic mass is 10.1. The summed E-state index contributed by atoms with van der Waals surface area (Å²) < 4.78 is 19.6. The molecule has 1 heterocycles. The van der Waals surface area contributed by atoms with E-state index in [1.165, 1.54) is 43.6 Å². The Morgan fingerprint density at radius 3 is 2.32 bits per heavy atom. The summed E-state index contributed by atoms with van der Waals surface area (Å²) in [6.45, 7) is 4.00. The summed E-state index contributed by atoms with van der Waals surface area (Å²) >= 11 is 5.81. The standard InChI is InChI=1S/C23H14ClFN4O3.C2H6/c1-3-13-8-17(23(31)28-20-7-5-15(24)12-27-20)21(19(10-13)32-2)29-22(30)16-6-4-14(11-26)9-18(16)25;1-2/h1,4-10,12H,2H3,(H,29,30)(H,27,28,31);1-2H3. The normalized spacial score (nSPS) is 9.50. The van der Waals surface area contributed by atoms with Gasteiger partial charge in [0.25, 0.3) is 11.8 Å². The highest BCUT2D eigenvalue weighted by Gasteiger charge is 2.22. The molecule has 34 heavy (non-hydrogen) atoms. The number of nitriles is 1. The number of rotatable bonds is 5. The Morgan fingerprint density at radius 2 is 1.76 bits per heavy atom. The van der Waals surface area contributed by atoms with Gasteiger partial charge in [0.15, 0.2) is 0 Å². The Bertz CT molecular complexity index is 1300. The van der Waals surface area contributed by atoms with Crippen molar-refractivity contribution in [2.75, 3.05) is 17.7 Å². The molecule has 3 aromatic rings. The highest BCUT2D eigenvalue weighted by molar-refractivity contribution is 6.30. The highest BCUT2D eigenvalue weighted by atomic mass is 35.5. The van der Waals surface area contributed by atoms with Crippen LogP contribution >= 0.6 is 11.6 Å². The van der Waals surface area contributed by atoms with E-state index in [0.717, 1.165) is 6.07 Å². The first-order valence-corrected chi connectivity index (χ1v) is 10.4. The Morgan fingerprint density at radius 1 is 1.06 bits per heavy atom. The number of hydrogen-bond donors (Lipinski definition) is 2. The molecule has 0 atom stereocenters. The first kappa shape index (κ1) is 25.9. The molecular weight excluding hydrogens is 459 g/mol. The Kier molecular flexibility index (Phi) is 9.13. The Hall–Kier alpha value is -4.40. The van der Waals surface area contributed by atoms with Crippen LogP contribution in [0.4, 0.5) is 15.9 Å². The zero-order valence-electron chi connectivity index (χ0n) is 18.6. The number of anilines is 2. The zero-order chi connectivity index (χ0) is 25.3. The molecule has 0 bridgehead atoms. The van der Waals surface area contributed by atoms with E-state index >= 15 is 0 Å². The quantitative estimate of drug-likeness (QED) is 0.486. The van der Waals surface area contributed by atoms with Crippen molar-refractivity contribution in [1.82, 2.24) is 4.98 Å². The second kappa shape index (κ2) is 12.0. The van der Waals surface area contributed by atoms with E-state index in [2.05, 4.69) is 21.5 Å². The van der Waals surface area contributed by atoms with Gasteiger partial charge in [-0.3, -0.25) is 9.59 Å². The van der Waals surface area contributed by atoms with Crippen molar-refractivity contribution in [2.45, 2.75) is 13.8 Å². The van der Waals surface area contributed by atoms with Crippen molar-refractivity contribution >= 4 is 34.9 Å². The third-order valence-corrected chi connectivity index (χ3v) is 4.51. The van der Waals surface area contributed by atoms with Gasteiger partial charge in [-0.25, -0.2) is 9.37 Å². The van der Waals surface area contributed by atoms with Gasteiger partial charge in [-0.2, -0.15) is 5.26 Å². The van der Waals surface area contributed by atoms with Crippen LogP contribution in [0.5, 0.6) is 5.75 Å². The van der Waals surface area contributed by atoms with Gasteiger partial charge in [0.2, 0.25) is 0 Å². The summed E-state index contributed by atoms with van der Waals surface area (Å²) in [5.74, 6) is 0.320. The van der Waals surface area contributed by atoms with Crippen molar-refractivity contribution in [2.24, 2.45) is 0 Å². The molecule has 0 spiro atoms. The minimum absolute atomic E-state index is 0.0216. The average Bonchev–Trinajstić information content (AvgIpc) is 2.86. The van der Waals surface area contributed by atoms with Crippen LogP contribution in [0.25, 0.3) is 0 Å². The van der Waals surface area contributed by atoms with E-state index < -0.39 is 17.6 Å². The number of halogens is 2. The summed E-state index contributed by atoms with van der Waals surface area (Å²) in [5.41, 5.74) is 0.00475. The summed E-state index contributed by atoms with van der Waals surface area (Å²) in [7, 11) is 1.33. The average molecular weight is 479 g/mol. The molecule has 172 valence electrons. The third kappa shape index (κ3) is 6.10. The molecule has 0 radical (unpaired) electrons. The first-order valence-electron chi connectivity index (χ1n) is 9.98. The minimum atomic E-state index is -0.892. The van der Waals surface area contributed by atoms with Crippen LogP contribution in [0, 0.1) is 29.5 Å². The molecule has 1 aromatic heterocycles. The summed E-state index contributed by atoms with van der Waals surface area (Å²) in [6.07, 6.45) is 6.83. The van der Waals surface area contributed by atoms with Crippen LogP contribution in [0.15, 0.2) is 48.7 Å². The van der Waals surface area contributed by atoms with Gasteiger partial charge < -0.3 is 15.4 Å². The lowest BCUT2D eigenvalue weighted by Crippen LogP contribution is -2.20. The topological polar surface area (TPSA) is 104 Å². The monoisotopic (exact) mass is 478 g/mol.